The third kappa shape index (κ3) is 6.32. The summed E-state index contributed by atoms with van der Waals surface area (Å²) in [7, 11) is -0.152. The molecule has 1 aromatic rings. The SMILES string of the molecule is COc1ccc(N2C(=NC(=O)CCNC(=O)OC(C)(C)C)S[C@H]3CS(=O)(=O)C[C@@H]32)c(OC)c1. The first kappa shape index (κ1) is 25.2. The van der Waals surface area contributed by atoms with Crippen LogP contribution in [0.15, 0.2) is 23.2 Å². The van der Waals surface area contributed by atoms with Crippen LogP contribution in [0.25, 0.3) is 0 Å². The predicted octanol–water partition coefficient (Wildman–Crippen LogP) is 2.22. The Morgan fingerprint density at radius 2 is 1.94 bits per heavy atom. The molecule has 2 saturated heterocycles. The number of fused-ring (bicyclic) bond motifs is 1. The number of amidine groups is 1. The molecule has 33 heavy (non-hydrogen) atoms. The van der Waals surface area contributed by atoms with E-state index in [9.17, 15) is 18.0 Å². The number of sulfone groups is 1. The van der Waals surface area contributed by atoms with Gasteiger partial charge in [-0.15, -0.1) is 0 Å². The molecule has 0 radical (unpaired) electrons. The number of hydrogen-bond acceptors (Lipinski definition) is 8. The van der Waals surface area contributed by atoms with Gasteiger partial charge in [-0.25, -0.2) is 13.2 Å². The first-order valence-electron chi connectivity index (χ1n) is 10.4. The van der Waals surface area contributed by atoms with Crippen molar-refractivity contribution in [1.29, 1.82) is 0 Å². The van der Waals surface area contributed by atoms with E-state index in [0.29, 0.717) is 22.4 Å². The quantitative estimate of drug-likeness (QED) is 0.627. The standard InChI is InChI=1S/C21H29N3O7S2/c1-21(2,3)31-20(26)22-9-8-18(25)23-19-24(15-11-33(27,28)12-17(15)32-19)14-7-6-13(29-4)10-16(14)30-5/h6-7,10,15,17H,8-9,11-12H2,1-5H3,(H,22,26)/t15-,17-/m0/s1. The Bertz CT molecular complexity index is 1050. The van der Waals surface area contributed by atoms with E-state index in [1.165, 1.54) is 26.0 Å². The third-order valence-corrected chi connectivity index (χ3v) is 8.15. The molecule has 2 aliphatic heterocycles. The van der Waals surface area contributed by atoms with Gasteiger partial charge >= 0.3 is 6.09 Å². The first-order valence-corrected chi connectivity index (χ1v) is 13.1. The lowest BCUT2D eigenvalue weighted by Crippen LogP contribution is -2.38. The maximum atomic E-state index is 12.6. The Hall–Kier alpha value is -2.47. The van der Waals surface area contributed by atoms with Crippen molar-refractivity contribution in [2.75, 3.05) is 37.2 Å². The van der Waals surface area contributed by atoms with Crippen LogP contribution in [0, 0.1) is 0 Å². The Balaban J connectivity index is 1.80. The fraction of sp³-hybridized carbons (Fsp3) is 0.571. The number of rotatable bonds is 6. The molecular formula is C21H29N3O7S2. The van der Waals surface area contributed by atoms with E-state index in [0.717, 1.165) is 0 Å². The van der Waals surface area contributed by atoms with Crippen LogP contribution in [-0.4, -0.2) is 74.7 Å². The van der Waals surface area contributed by atoms with E-state index >= 15 is 0 Å². The van der Waals surface area contributed by atoms with Crippen molar-refractivity contribution < 1.29 is 32.2 Å². The molecule has 0 spiro atoms. The summed E-state index contributed by atoms with van der Waals surface area (Å²) in [4.78, 5) is 30.3. The topological polar surface area (TPSA) is 124 Å². The number of alkyl carbamates (subject to hydrolysis) is 1. The number of anilines is 1. The average molecular weight is 500 g/mol. The van der Waals surface area contributed by atoms with E-state index in [2.05, 4.69) is 10.3 Å². The second-order valence-electron chi connectivity index (χ2n) is 8.68. The van der Waals surface area contributed by atoms with Crippen LogP contribution < -0.4 is 19.7 Å². The minimum atomic E-state index is -3.20. The molecule has 0 unspecified atom stereocenters. The molecule has 0 aromatic heterocycles. The molecule has 0 saturated carbocycles. The fourth-order valence-corrected chi connectivity index (χ4v) is 7.50. The lowest BCUT2D eigenvalue weighted by molar-refractivity contribution is -0.117. The molecule has 1 aromatic carbocycles. The van der Waals surface area contributed by atoms with Gasteiger partial charge in [0.1, 0.15) is 17.1 Å². The molecule has 10 nitrogen and oxygen atoms in total. The molecule has 2 heterocycles. The molecule has 0 bridgehead atoms. The van der Waals surface area contributed by atoms with Crippen LogP contribution in [0.3, 0.4) is 0 Å². The zero-order chi connectivity index (χ0) is 24.4. The largest absolute Gasteiger partial charge is 0.497 e. The van der Waals surface area contributed by atoms with Gasteiger partial charge in [-0.3, -0.25) is 4.79 Å². The molecule has 3 rings (SSSR count). The molecule has 2 atom stereocenters. The summed E-state index contributed by atoms with van der Waals surface area (Å²) in [6.07, 6.45) is -0.632. The van der Waals surface area contributed by atoms with E-state index in [1.54, 1.807) is 43.9 Å². The number of nitrogens with one attached hydrogen (secondary N) is 1. The van der Waals surface area contributed by atoms with Gasteiger partial charge in [-0.1, -0.05) is 11.8 Å². The molecular weight excluding hydrogens is 470 g/mol. The normalized spacial score (nSPS) is 22.7. The smallest absolute Gasteiger partial charge is 0.407 e. The molecule has 2 aliphatic rings. The summed E-state index contributed by atoms with van der Waals surface area (Å²) in [5.41, 5.74) is -0.0287. The van der Waals surface area contributed by atoms with Crippen LogP contribution in [0.1, 0.15) is 27.2 Å². The van der Waals surface area contributed by atoms with Gasteiger partial charge in [0.15, 0.2) is 15.0 Å². The van der Waals surface area contributed by atoms with Crippen molar-refractivity contribution in [1.82, 2.24) is 5.32 Å². The van der Waals surface area contributed by atoms with Crippen LogP contribution in [0.4, 0.5) is 10.5 Å². The predicted molar refractivity (Wildman–Crippen MR) is 127 cm³/mol. The van der Waals surface area contributed by atoms with Crippen molar-refractivity contribution in [3.63, 3.8) is 0 Å². The minimum Gasteiger partial charge on any atom is -0.497 e. The van der Waals surface area contributed by atoms with E-state index in [-0.39, 0.29) is 35.8 Å². The summed E-state index contributed by atoms with van der Waals surface area (Å²) < 4.78 is 40.4. The first-order chi connectivity index (χ1) is 15.4. The monoisotopic (exact) mass is 499 g/mol. The zero-order valence-corrected chi connectivity index (χ0v) is 20.9. The molecule has 0 aliphatic carbocycles. The number of benzene rings is 1. The average Bonchev–Trinajstić information content (AvgIpc) is 3.16. The summed E-state index contributed by atoms with van der Waals surface area (Å²) in [6, 6.07) is 4.83. The van der Waals surface area contributed by atoms with Gasteiger partial charge < -0.3 is 24.4 Å². The highest BCUT2D eigenvalue weighted by Crippen LogP contribution is 2.44. The highest BCUT2D eigenvalue weighted by molar-refractivity contribution is 8.16. The van der Waals surface area contributed by atoms with Crippen LogP contribution >= 0.6 is 11.8 Å². The van der Waals surface area contributed by atoms with Gasteiger partial charge in [0.2, 0.25) is 5.91 Å². The Labute approximate surface area is 198 Å². The van der Waals surface area contributed by atoms with Crippen molar-refractivity contribution in [2.24, 2.45) is 4.99 Å². The van der Waals surface area contributed by atoms with Crippen LogP contribution in [0.5, 0.6) is 11.5 Å². The number of carbonyl (C=O) groups excluding carboxylic acids is 2. The molecule has 1 N–H and O–H groups in total. The number of carbonyl (C=O) groups is 2. The number of nitrogens with zero attached hydrogens (tertiary/aromatic N) is 2. The lowest BCUT2D eigenvalue weighted by Gasteiger charge is -2.26. The Morgan fingerprint density at radius 3 is 2.58 bits per heavy atom. The van der Waals surface area contributed by atoms with Crippen molar-refractivity contribution in [3.05, 3.63) is 18.2 Å². The second-order valence-corrected chi connectivity index (χ2v) is 12.0. The highest BCUT2D eigenvalue weighted by Gasteiger charge is 2.50. The number of ether oxygens (including phenoxy) is 3. The number of amides is 2. The van der Waals surface area contributed by atoms with Crippen molar-refractivity contribution in [3.8, 4) is 11.5 Å². The van der Waals surface area contributed by atoms with Gasteiger partial charge in [-0.05, 0) is 32.9 Å². The van der Waals surface area contributed by atoms with Gasteiger partial charge in [0, 0.05) is 24.3 Å². The van der Waals surface area contributed by atoms with E-state index in [4.69, 9.17) is 14.2 Å². The summed E-state index contributed by atoms with van der Waals surface area (Å²) in [5, 5.41) is 2.70. The van der Waals surface area contributed by atoms with Crippen molar-refractivity contribution >= 4 is 44.5 Å². The Morgan fingerprint density at radius 1 is 1.21 bits per heavy atom. The number of aliphatic imine (C=N–C) groups is 1. The second kappa shape index (κ2) is 9.80. The maximum absolute atomic E-state index is 12.6. The van der Waals surface area contributed by atoms with Crippen molar-refractivity contribution in [2.45, 2.75) is 44.1 Å². The van der Waals surface area contributed by atoms with E-state index < -0.39 is 27.4 Å². The Kier molecular flexibility index (Phi) is 7.47. The van der Waals surface area contributed by atoms with E-state index in [1.807, 2.05) is 0 Å². The maximum Gasteiger partial charge on any atom is 0.407 e. The van der Waals surface area contributed by atoms with Crippen LogP contribution in [0.2, 0.25) is 0 Å². The minimum absolute atomic E-state index is 0.0186. The third-order valence-electron chi connectivity index (χ3n) is 4.94. The molecule has 12 heteroatoms. The van der Waals surface area contributed by atoms with Gasteiger partial charge in [-0.2, -0.15) is 4.99 Å². The summed E-state index contributed by atoms with van der Waals surface area (Å²) >= 11 is 1.27. The van der Waals surface area contributed by atoms with Crippen LogP contribution in [-0.2, 0) is 19.4 Å². The molecule has 2 fully saturated rings. The summed E-state index contributed by atoms with van der Waals surface area (Å²) in [6.45, 7) is 5.32. The zero-order valence-electron chi connectivity index (χ0n) is 19.3. The fourth-order valence-electron chi connectivity index (χ4n) is 3.58. The number of methoxy groups -OCH3 is 2. The highest BCUT2D eigenvalue weighted by atomic mass is 32.2. The summed E-state index contributed by atoms with van der Waals surface area (Å²) in [5.74, 6) is 0.610. The lowest BCUT2D eigenvalue weighted by atomic mass is 10.2. The van der Waals surface area contributed by atoms with Gasteiger partial charge in [0.25, 0.3) is 0 Å². The van der Waals surface area contributed by atoms with Gasteiger partial charge in [0.05, 0.1) is 37.5 Å². The number of hydrogen-bond donors (Lipinski definition) is 1. The molecule has 2 amide bonds. The number of thioether (sulfide) groups is 1. The molecule has 182 valence electrons.